The summed E-state index contributed by atoms with van der Waals surface area (Å²) < 4.78 is 0. The van der Waals surface area contributed by atoms with Crippen LogP contribution in [-0.2, 0) is 6.42 Å². The predicted molar refractivity (Wildman–Crippen MR) is 90.8 cm³/mol. The van der Waals surface area contributed by atoms with Crippen molar-refractivity contribution in [3.8, 4) is 0 Å². The van der Waals surface area contributed by atoms with Crippen LogP contribution in [0, 0.1) is 0 Å². The number of aliphatic hydroxyl groups excluding tert-OH is 1. The van der Waals surface area contributed by atoms with Crippen LogP contribution in [0.3, 0.4) is 0 Å². The minimum atomic E-state index is -0.332. The minimum absolute atomic E-state index is 0.332. The molecule has 0 radical (unpaired) electrons. The standard InChI is InChI=1S/C19H18OS/c20-17(14-21-18-10-2-1-3-11-18)13-16-9-6-8-15-7-4-5-12-19(15)16/h1-12,17,20H,13-14H2. The van der Waals surface area contributed by atoms with Gasteiger partial charge in [0.25, 0.3) is 0 Å². The number of benzene rings is 3. The van der Waals surface area contributed by atoms with E-state index >= 15 is 0 Å². The molecule has 0 bridgehead atoms. The molecule has 0 fully saturated rings. The summed E-state index contributed by atoms with van der Waals surface area (Å²) in [4.78, 5) is 1.20. The maximum Gasteiger partial charge on any atom is 0.0674 e. The van der Waals surface area contributed by atoms with E-state index in [1.54, 1.807) is 11.8 Å². The summed E-state index contributed by atoms with van der Waals surface area (Å²) in [7, 11) is 0. The van der Waals surface area contributed by atoms with E-state index in [2.05, 4.69) is 48.5 Å². The van der Waals surface area contributed by atoms with Crippen LogP contribution in [0.25, 0.3) is 10.8 Å². The van der Waals surface area contributed by atoms with Crippen LogP contribution < -0.4 is 0 Å². The summed E-state index contributed by atoms with van der Waals surface area (Å²) in [6, 6.07) is 24.9. The molecule has 1 N–H and O–H groups in total. The Morgan fingerprint density at radius 2 is 1.52 bits per heavy atom. The van der Waals surface area contributed by atoms with Crippen molar-refractivity contribution in [2.45, 2.75) is 17.4 Å². The van der Waals surface area contributed by atoms with Gasteiger partial charge in [0.1, 0.15) is 0 Å². The number of hydrogen-bond acceptors (Lipinski definition) is 2. The van der Waals surface area contributed by atoms with Gasteiger partial charge in [-0.2, -0.15) is 0 Å². The van der Waals surface area contributed by atoms with Gasteiger partial charge < -0.3 is 5.11 Å². The van der Waals surface area contributed by atoms with Crippen molar-refractivity contribution in [2.75, 3.05) is 5.75 Å². The Morgan fingerprint density at radius 1 is 0.810 bits per heavy atom. The Morgan fingerprint density at radius 3 is 2.38 bits per heavy atom. The van der Waals surface area contributed by atoms with Crippen LogP contribution in [0.1, 0.15) is 5.56 Å². The molecule has 3 aromatic carbocycles. The zero-order valence-corrected chi connectivity index (χ0v) is 12.6. The van der Waals surface area contributed by atoms with E-state index in [1.807, 2.05) is 24.3 Å². The van der Waals surface area contributed by atoms with E-state index in [0.717, 1.165) is 0 Å². The first-order valence-electron chi connectivity index (χ1n) is 7.15. The van der Waals surface area contributed by atoms with E-state index in [9.17, 15) is 5.11 Å². The Bertz CT molecular complexity index is 704. The minimum Gasteiger partial charge on any atom is -0.392 e. The fourth-order valence-corrected chi connectivity index (χ4v) is 3.34. The Hall–Kier alpha value is -1.77. The normalized spacial score (nSPS) is 12.4. The number of aliphatic hydroxyl groups is 1. The molecule has 1 atom stereocenters. The molecule has 0 aliphatic rings. The van der Waals surface area contributed by atoms with Gasteiger partial charge in [0.2, 0.25) is 0 Å². The molecule has 0 saturated carbocycles. The summed E-state index contributed by atoms with van der Waals surface area (Å²) >= 11 is 1.70. The van der Waals surface area contributed by atoms with Crippen LogP contribution in [0.2, 0.25) is 0 Å². The van der Waals surface area contributed by atoms with Gasteiger partial charge in [-0.05, 0) is 34.9 Å². The highest BCUT2D eigenvalue weighted by molar-refractivity contribution is 7.99. The lowest BCUT2D eigenvalue weighted by atomic mass is 10.0. The molecule has 106 valence electrons. The van der Waals surface area contributed by atoms with E-state index in [-0.39, 0.29) is 6.10 Å². The molecular formula is C19H18OS. The molecule has 3 rings (SSSR count). The molecule has 0 amide bonds. The number of rotatable bonds is 5. The molecule has 0 spiro atoms. The molecule has 0 aliphatic carbocycles. The van der Waals surface area contributed by atoms with Crippen molar-refractivity contribution in [3.05, 3.63) is 78.4 Å². The van der Waals surface area contributed by atoms with Crippen LogP contribution >= 0.6 is 11.8 Å². The fraction of sp³-hybridized carbons (Fsp3) is 0.158. The first-order chi connectivity index (χ1) is 10.3. The Balaban J connectivity index is 1.67. The van der Waals surface area contributed by atoms with Crippen LogP contribution in [0.4, 0.5) is 0 Å². The van der Waals surface area contributed by atoms with E-state index in [4.69, 9.17) is 0 Å². The lowest BCUT2D eigenvalue weighted by molar-refractivity contribution is 0.200. The number of fused-ring (bicyclic) bond motifs is 1. The Labute approximate surface area is 129 Å². The third-order valence-electron chi connectivity index (χ3n) is 3.52. The third-order valence-corrected chi connectivity index (χ3v) is 4.68. The summed E-state index contributed by atoms with van der Waals surface area (Å²) in [6.45, 7) is 0. The number of thioether (sulfide) groups is 1. The largest absolute Gasteiger partial charge is 0.392 e. The smallest absolute Gasteiger partial charge is 0.0674 e. The molecule has 2 heteroatoms. The van der Waals surface area contributed by atoms with Crippen molar-refractivity contribution in [2.24, 2.45) is 0 Å². The predicted octanol–water partition coefficient (Wildman–Crippen LogP) is 4.54. The summed E-state index contributed by atoms with van der Waals surface area (Å²) in [5.74, 6) is 0.716. The van der Waals surface area contributed by atoms with E-state index < -0.39 is 0 Å². The van der Waals surface area contributed by atoms with E-state index in [1.165, 1.54) is 21.2 Å². The lowest BCUT2D eigenvalue weighted by Gasteiger charge is -2.12. The molecule has 21 heavy (non-hydrogen) atoms. The SMILES string of the molecule is OC(CSc1ccccc1)Cc1cccc2ccccc12. The second-order valence-electron chi connectivity index (χ2n) is 5.12. The van der Waals surface area contributed by atoms with Gasteiger partial charge in [-0.25, -0.2) is 0 Å². The molecular weight excluding hydrogens is 276 g/mol. The summed E-state index contributed by atoms with van der Waals surface area (Å²) in [5.41, 5.74) is 1.22. The van der Waals surface area contributed by atoms with Gasteiger partial charge in [-0.1, -0.05) is 60.7 Å². The zero-order valence-electron chi connectivity index (χ0n) is 11.8. The Kier molecular flexibility index (Phi) is 4.59. The van der Waals surface area contributed by atoms with Crippen molar-refractivity contribution >= 4 is 22.5 Å². The number of hydrogen-bond donors (Lipinski definition) is 1. The summed E-state index contributed by atoms with van der Waals surface area (Å²) in [5, 5.41) is 12.8. The first kappa shape index (κ1) is 14.2. The van der Waals surface area contributed by atoms with Gasteiger partial charge in [-0.3, -0.25) is 0 Å². The summed E-state index contributed by atoms with van der Waals surface area (Å²) in [6.07, 6.45) is 0.363. The second kappa shape index (κ2) is 6.79. The van der Waals surface area contributed by atoms with Crippen LogP contribution in [0.15, 0.2) is 77.7 Å². The molecule has 0 aromatic heterocycles. The molecule has 0 saturated heterocycles. The van der Waals surface area contributed by atoms with Crippen molar-refractivity contribution in [1.82, 2.24) is 0 Å². The van der Waals surface area contributed by atoms with Crippen LogP contribution in [-0.4, -0.2) is 17.0 Å². The zero-order chi connectivity index (χ0) is 14.5. The lowest BCUT2D eigenvalue weighted by Crippen LogP contribution is -2.13. The van der Waals surface area contributed by atoms with Gasteiger partial charge in [0, 0.05) is 10.6 Å². The molecule has 1 nitrogen and oxygen atoms in total. The highest BCUT2D eigenvalue weighted by Gasteiger charge is 2.09. The van der Waals surface area contributed by atoms with Crippen molar-refractivity contribution in [3.63, 3.8) is 0 Å². The third kappa shape index (κ3) is 3.66. The highest BCUT2D eigenvalue weighted by atomic mass is 32.2. The van der Waals surface area contributed by atoms with Crippen molar-refractivity contribution < 1.29 is 5.11 Å². The molecule has 0 heterocycles. The second-order valence-corrected chi connectivity index (χ2v) is 6.21. The first-order valence-corrected chi connectivity index (χ1v) is 8.14. The highest BCUT2D eigenvalue weighted by Crippen LogP contribution is 2.22. The quantitative estimate of drug-likeness (QED) is 0.697. The van der Waals surface area contributed by atoms with Crippen LogP contribution in [0.5, 0.6) is 0 Å². The average molecular weight is 294 g/mol. The fourth-order valence-electron chi connectivity index (χ4n) is 2.49. The van der Waals surface area contributed by atoms with Gasteiger partial charge in [-0.15, -0.1) is 11.8 Å². The molecule has 3 aromatic rings. The van der Waals surface area contributed by atoms with Gasteiger partial charge in [0.05, 0.1) is 6.10 Å². The van der Waals surface area contributed by atoms with E-state index in [0.29, 0.717) is 12.2 Å². The monoisotopic (exact) mass is 294 g/mol. The molecule has 1 unspecified atom stereocenters. The van der Waals surface area contributed by atoms with Gasteiger partial charge in [0.15, 0.2) is 0 Å². The maximum absolute atomic E-state index is 10.3. The average Bonchev–Trinajstić information content (AvgIpc) is 2.54. The van der Waals surface area contributed by atoms with Crippen molar-refractivity contribution in [1.29, 1.82) is 0 Å². The topological polar surface area (TPSA) is 20.2 Å². The van der Waals surface area contributed by atoms with Gasteiger partial charge >= 0.3 is 0 Å². The maximum atomic E-state index is 10.3. The molecule has 0 aliphatic heterocycles.